The van der Waals surface area contributed by atoms with Crippen LogP contribution in [0.15, 0.2) is 29.6 Å². The summed E-state index contributed by atoms with van der Waals surface area (Å²) in [6, 6.07) is 1.37. The number of hydrogen-bond acceptors (Lipinski definition) is 4. The van der Waals surface area contributed by atoms with Crippen LogP contribution in [0.4, 0.5) is 0 Å². The van der Waals surface area contributed by atoms with E-state index in [1.807, 2.05) is 0 Å². The van der Waals surface area contributed by atoms with Crippen LogP contribution < -0.4 is 10.3 Å². The Hall–Kier alpha value is -1.91. The van der Waals surface area contributed by atoms with Crippen molar-refractivity contribution in [2.45, 2.75) is 0 Å². The van der Waals surface area contributed by atoms with E-state index in [2.05, 4.69) is 9.97 Å². The lowest BCUT2D eigenvalue weighted by Gasteiger charge is -2.02. The normalized spacial score (nSPS) is 10.2. The summed E-state index contributed by atoms with van der Waals surface area (Å²) in [5.41, 5.74) is 0.307. The number of fused-ring (bicyclic) bond motifs is 1. The van der Waals surface area contributed by atoms with E-state index in [-0.39, 0.29) is 5.56 Å². The van der Waals surface area contributed by atoms with Crippen molar-refractivity contribution in [1.29, 1.82) is 0 Å². The molecule has 5 nitrogen and oxygen atoms in total. The molecule has 0 unspecified atom stereocenters. The van der Waals surface area contributed by atoms with Gasteiger partial charge in [0.2, 0.25) is 0 Å². The molecule has 0 spiro atoms. The first-order valence-corrected chi connectivity index (χ1v) is 3.68. The molecule has 0 fully saturated rings. The van der Waals surface area contributed by atoms with Gasteiger partial charge in [-0.05, 0) is 0 Å². The third kappa shape index (κ3) is 1.14. The molecule has 2 aromatic rings. The Morgan fingerprint density at radius 1 is 1.54 bits per heavy atom. The van der Waals surface area contributed by atoms with Gasteiger partial charge in [-0.2, -0.15) is 0 Å². The van der Waals surface area contributed by atoms with E-state index < -0.39 is 0 Å². The van der Waals surface area contributed by atoms with Gasteiger partial charge in [-0.25, -0.2) is 14.4 Å². The summed E-state index contributed by atoms with van der Waals surface area (Å²) in [7, 11) is 1.51. The molecule has 5 heteroatoms. The Balaban J connectivity index is 2.92. The van der Waals surface area contributed by atoms with Gasteiger partial charge in [-0.15, -0.1) is 0 Å². The van der Waals surface area contributed by atoms with Crippen LogP contribution in [0.3, 0.4) is 0 Å². The zero-order valence-electron chi connectivity index (χ0n) is 6.97. The third-order valence-corrected chi connectivity index (χ3v) is 1.69. The van der Waals surface area contributed by atoms with Gasteiger partial charge in [0.15, 0.2) is 11.4 Å². The minimum Gasteiger partial charge on any atom is -0.491 e. The molecule has 0 bridgehead atoms. The maximum absolute atomic E-state index is 11.3. The van der Waals surface area contributed by atoms with Crippen LogP contribution in [0.25, 0.3) is 5.65 Å². The number of hydrogen-bond donors (Lipinski definition) is 0. The summed E-state index contributed by atoms with van der Waals surface area (Å²) >= 11 is 0. The number of aromatic nitrogens is 3. The second kappa shape index (κ2) is 2.85. The van der Waals surface area contributed by atoms with Crippen LogP contribution in [-0.2, 0) is 0 Å². The maximum Gasteiger partial charge on any atom is 0.259 e. The molecule has 0 N–H and O–H groups in total. The quantitative estimate of drug-likeness (QED) is 0.619. The molecule has 13 heavy (non-hydrogen) atoms. The molecule has 0 atom stereocenters. The minimum atomic E-state index is -0.170. The fourth-order valence-corrected chi connectivity index (χ4v) is 1.08. The molecule has 0 saturated carbocycles. The molecule has 0 aliphatic carbocycles. The van der Waals surface area contributed by atoms with Crippen molar-refractivity contribution in [3.63, 3.8) is 0 Å². The van der Waals surface area contributed by atoms with Gasteiger partial charge in [-0.1, -0.05) is 0 Å². The van der Waals surface area contributed by atoms with Crippen LogP contribution in [-0.4, -0.2) is 21.5 Å². The molecule has 0 aromatic carbocycles. The standard InChI is InChI=1S/C8H7N3O2/c1-13-6-4-9-5-11-7(12)2-3-10-8(6)11/h2-5H,1H3. The van der Waals surface area contributed by atoms with Crippen molar-refractivity contribution in [1.82, 2.24) is 14.4 Å². The minimum absolute atomic E-state index is 0.170. The molecule has 0 radical (unpaired) electrons. The zero-order chi connectivity index (χ0) is 9.26. The van der Waals surface area contributed by atoms with E-state index in [4.69, 9.17) is 4.74 Å². The molecular weight excluding hydrogens is 170 g/mol. The van der Waals surface area contributed by atoms with E-state index in [0.29, 0.717) is 11.4 Å². The molecule has 2 rings (SSSR count). The van der Waals surface area contributed by atoms with E-state index in [0.717, 1.165) is 0 Å². The highest BCUT2D eigenvalue weighted by atomic mass is 16.5. The van der Waals surface area contributed by atoms with Crippen LogP contribution in [0.1, 0.15) is 0 Å². The van der Waals surface area contributed by atoms with E-state index in [9.17, 15) is 4.79 Å². The van der Waals surface area contributed by atoms with Crippen molar-refractivity contribution in [3.05, 3.63) is 35.1 Å². The Morgan fingerprint density at radius 2 is 2.38 bits per heavy atom. The first kappa shape index (κ1) is 7.72. The summed E-state index contributed by atoms with van der Waals surface area (Å²) in [5.74, 6) is 0.486. The van der Waals surface area contributed by atoms with Crippen LogP contribution in [0.5, 0.6) is 5.75 Å². The van der Waals surface area contributed by atoms with E-state index in [1.165, 1.54) is 36.3 Å². The van der Waals surface area contributed by atoms with E-state index in [1.54, 1.807) is 0 Å². The molecule has 66 valence electrons. The highest BCUT2D eigenvalue weighted by Crippen LogP contribution is 2.11. The van der Waals surface area contributed by atoms with E-state index >= 15 is 0 Å². The van der Waals surface area contributed by atoms with Crippen molar-refractivity contribution in [3.8, 4) is 5.75 Å². The Kier molecular flexibility index (Phi) is 1.70. The monoisotopic (exact) mass is 177 g/mol. The van der Waals surface area contributed by atoms with Crippen LogP contribution in [0.2, 0.25) is 0 Å². The second-order valence-corrected chi connectivity index (χ2v) is 2.44. The van der Waals surface area contributed by atoms with Gasteiger partial charge >= 0.3 is 0 Å². The third-order valence-electron chi connectivity index (χ3n) is 1.69. The summed E-state index contributed by atoms with van der Waals surface area (Å²) < 4.78 is 6.33. The molecule has 0 saturated heterocycles. The molecule has 0 aliphatic heterocycles. The van der Waals surface area contributed by atoms with Gasteiger partial charge in [0.05, 0.1) is 13.3 Å². The first-order valence-electron chi connectivity index (χ1n) is 3.68. The van der Waals surface area contributed by atoms with Crippen LogP contribution >= 0.6 is 0 Å². The summed E-state index contributed by atoms with van der Waals surface area (Å²) in [4.78, 5) is 19.1. The maximum atomic E-state index is 11.3. The fraction of sp³-hybridized carbons (Fsp3) is 0.125. The van der Waals surface area contributed by atoms with Gasteiger partial charge in [-0.3, -0.25) is 4.79 Å². The number of ether oxygens (including phenoxy) is 1. The number of rotatable bonds is 1. The summed E-state index contributed by atoms with van der Waals surface area (Å²) in [6.07, 6.45) is 4.37. The predicted molar refractivity (Wildman–Crippen MR) is 45.8 cm³/mol. The van der Waals surface area contributed by atoms with Gasteiger partial charge < -0.3 is 4.74 Å². The highest BCUT2D eigenvalue weighted by molar-refractivity contribution is 5.50. The predicted octanol–water partition coefficient (Wildman–Crippen LogP) is 0.0981. The van der Waals surface area contributed by atoms with Gasteiger partial charge in [0.1, 0.15) is 6.33 Å². The Bertz CT molecular complexity index is 492. The lowest BCUT2D eigenvalue weighted by Crippen LogP contribution is -2.13. The second-order valence-electron chi connectivity index (χ2n) is 2.44. The lowest BCUT2D eigenvalue weighted by molar-refractivity contribution is 0.414. The Labute approximate surface area is 73.6 Å². The van der Waals surface area contributed by atoms with Crippen molar-refractivity contribution < 1.29 is 4.74 Å². The molecule has 0 aliphatic rings. The molecular formula is C8H7N3O2. The average molecular weight is 177 g/mol. The largest absolute Gasteiger partial charge is 0.491 e. The topological polar surface area (TPSA) is 56.5 Å². The zero-order valence-corrected chi connectivity index (χ0v) is 6.97. The summed E-state index contributed by atoms with van der Waals surface area (Å²) in [5, 5.41) is 0. The fourth-order valence-electron chi connectivity index (χ4n) is 1.08. The van der Waals surface area contributed by atoms with Gasteiger partial charge in [0.25, 0.3) is 5.56 Å². The Morgan fingerprint density at radius 3 is 3.15 bits per heavy atom. The van der Waals surface area contributed by atoms with Crippen LogP contribution in [0, 0.1) is 0 Å². The molecule has 2 heterocycles. The SMILES string of the molecule is COc1cncn2c(=O)ccnc12. The molecule has 0 amide bonds. The lowest BCUT2D eigenvalue weighted by atomic mass is 10.5. The number of nitrogens with zero attached hydrogens (tertiary/aromatic N) is 3. The first-order chi connectivity index (χ1) is 6.33. The van der Waals surface area contributed by atoms with Crippen molar-refractivity contribution in [2.75, 3.05) is 7.11 Å². The van der Waals surface area contributed by atoms with Crippen molar-refractivity contribution in [2.24, 2.45) is 0 Å². The van der Waals surface area contributed by atoms with Crippen molar-refractivity contribution >= 4 is 5.65 Å². The van der Waals surface area contributed by atoms with Gasteiger partial charge in [0, 0.05) is 12.3 Å². The smallest absolute Gasteiger partial charge is 0.259 e. The summed E-state index contributed by atoms with van der Waals surface area (Å²) in [6.45, 7) is 0. The average Bonchev–Trinajstić information content (AvgIpc) is 2.18. The number of methoxy groups -OCH3 is 1. The molecule has 2 aromatic heterocycles. The highest BCUT2D eigenvalue weighted by Gasteiger charge is 2.02.